The van der Waals surface area contributed by atoms with E-state index < -0.39 is 0 Å². The van der Waals surface area contributed by atoms with E-state index in [4.69, 9.17) is 4.74 Å². The third-order valence-electron chi connectivity index (χ3n) is 3.89. The lowest BCUT2D eigenvalue weighted by Gasteiger charge is -2.26. The van der Waals surface area contributed by atoms with Crippen molar-refractivity contribution in [3.05, 3.63) is 22.4 Å². The fourth-order valence-electron chi connectivity index (χ4n) is 2.86. The van der Waals surface area contributed by atoms with Crippen molar-refractivity contribution >= 4 is 17.1 Å². The molecule has 0 saturated heterocycles. The van der Waals surface area contributed by atoms with Crippen LogP contribution in [0.3, 0.4) is 0 Å². The van der Waals surface area contributed by atoms with Crippen LogP contribution in [0.4, 0.5) is 0 Å². The summed E-state index contributed by atoms with van der Waals surface area (Å²) < 4.78 is 5.74. The van der Waals surface area contributed by atoms with Crippen molar-refractivity contribution in [1.82, 2.24) is 0 Å². The predicted molar refractivity (Wildman–Crippen MR) is 79.8 cm³/mol. The van der Waals surface area contributed by atoms with Crippen LogP contribution in [0.5, 0.6) is 0 Å². The highest BCUT2D eigenvalue weighted by atomic mass is 32.1. The maximum Gasteiger partial charge on any atom is 0.172 e. The Balaban J connectivity index is 1.53. The molecule has 1 aliphatic carbocycles. The minimum absolute atomic E-state index is 0.255. The minimum Gasteiger partial charge on any atom is -0.381 e. The van der Waals surface area contributed by atoms with Crippen molar-refractivity contribution in [2.45, 2.75) is 45.4 Å². The molecule has 19 heavy (non-hydrogen) atoms. The Morgan fingerprint density at radius 2 is 2.37 bits per heavy atom. The van der Waals surface area contributed by atoms with Gasteiger partial charge >= 0.3 is 0 Å². The highest BCUT2D eigenvalue weighted by Crippen LogP contribution is 2.28. The standard InChI is InChI=1S/C16H24O2S/c1-13-5-2-6-14(11-13)12-18-9-3-7-15(17)16-8-4-10-19-16/h4,8,10,13-14H,2-3,5-7,9,11-12H2,1H3. The van der Waals surface area contributed by atoms with Crippen LogP contribution in [-0.2, 0) is 4.74 Å². The molecule has 1 heterocycles. The number of ether oxygens (including phenoxy) is 1. The summed E-state index contributed by atoms with van der Waals surface area (Å²) in [5.41, 5.74) is 0. The highest BCUT2D eigenvalue weighted by Gasteiger charge is 2.18. The number of rotatable bonds is 7. The lowest BCUT2D eigenvalue weighted by molar-refractivity contribution is 0.0714. The maximum absolute atomic E-state index is 11.8. The number of carbonyl (C=O) groups is 1. The van der Waals surface area contributed by atoms with Crippen molar-refractivity contribution in [3.8, 4) is 0 Å². The molecule has 0 amide bonds. The fraction of sp³-hybridized carbons (Fsp3) is 0.688. The number of ketones is 1. The summed E-state index contributed by atoms with van der Waals surface area (Å²) >= 11 is 1.53. The summed E-state index contributed by atoms with van der Waals surface area (Å²) in [6.07, 6.45) is 6.82. The van der Waals surface area contributed by atoms with Gasteiger partial charge in [0.05, 0.1) is 4.88 Å². The van der Waals surface area contributed by atoms with Crippen LogP contribution in [0.1, 0.15) is 55.1 Å². The molecule has 1 aliphatic rings. The summed E-state index contributed by atoms with van der Waals surface area (Å²) in [4.78, 5) is 12.6. The predicted octanol–water partition coefficient (Wildman–Crippen LogP) is 4.55. The topological polar surface area (TPSA) is 26.3 Å². The van der Waals surface area contributed by atoms with E-state index in [-0.39, 0.29) is 5.78 Å². The van der Waals surface area contributed by atoms with Gasteiger partial charge in [-0.2, -0.15) is 0 Å². The zero-order valence-corrected chi connectivity index (χ0v) is 12.6. The number of Topliss-reactive ketones (excluding diaryl/α,β-unsaturated/α-hetero) is 1. The zero-order valence-electron chi connectivity index (χ0n) is 11.8. The van der Waals surface area contributed by atoms with Crippen LogP contribution in [0.2, 0.25) is 0 Å². The molecule has 2 rings (SSSR count). The Labute approximate surface area is 120 Å². The van der Waals surface area contributed by atoms with Crippen LogP contribution in [0.25, 0.3) is 0 Å². The zero-order chi connectivity index (χ0) is 13.5. The van der Waals surface area contributed by atoms with E-state index in [9.17, 15) is 4.79 Å². The van der Waals surface area contributed by atoms with Crippen molar-refractivity contribution in [1.29, 1.82) is 0 Å². The molecule has 0 aromatic carbocycles. The van der Waals surface area contributed by atoms with Gasteiger partial charge in [-0.1, -0.05) is 25.8 Å². The maximum atomic E-state index is 11.8. The summed E-state index contributed by atoms with van der Waals surface area (Å²) in [6, 6.07) is 3.83. The molecule has 106 valence electrons. The quantitative estimate of drug-likeness (QED) is 0.541. The smallest absolute Gasteiger partial charge is 0.172 e. The van der Waals surface area contributed by atoms with Crippen molar-refractivity contribution in [2.75, 3.05) is 13.2 Å². The second-order valence-corrected chi connectivity index (χ2v) is 6.66. The molecule has 0 spiro atoms. The Bertz CT molecular complexity index is 372. The monoisotopic (exact) mass is 280 g/mol. The van der Waals surface area contributed by atoms with Crippen LogP contribution in [-0.4, -0.2) is 19.0 Å². The van der Waals surface area contributed by atoms with Gasteiger partial charge in [0.2, 0.25) is 0 Å². The minimum atomic E-state index is 0.255. The van der Waals surface area contributed by atoms with Crippen LogP contribution < -0.4 is 0 Å². The van der Waals surface area contributed by atoms with E-state index in [2.05, 4.69) is 6.92 Å². The van der Waals surface area contributed by atoms with E-state index in [0.29, 0.717) is 6.42 Å². The van der Waals surface area contributed by atoms with Gasteiger partial charge in [0.15, 0.2) is 5.78 Å². The van der Waals surface area contributed by atoms with E-state index in [1.165, 1.54) is 37.0 Å². The summed E-state index contributed by atoms with van der Waals surface area (Å²) in [5, 5.41) is 1.95. The van der Waals surface area contributed by atoms with Crippen LogP contribution in [0, 0.1) is 11.8 Å². The average Bonchev–Trinajstić information content (AvgIpc) is 2.92. The molecule has 1 fully saturated rings. The van der Waals surface area contributed by atoms with Gasteiger partial charge in [0, 0.05) is 19.6 Å². The summed E-state index contributed by atoms with van der Waals surface area (Å²) in [6.45, 7) is 3.95. The largest absolute Gasteiger partial charge is 0.381 e. The molecule has 1 saturated carbocycles. The normalized spacial score (nSPS) is 23.4. The van der Waals surface area contributed by atoms with Gasteiger partial charge in [-0.3, -0.25) is 4.79 Å². The van der Waals surface area contributed by atoms with Crippen molar-refractivity contribution in [2.24, 2.45) is 11.8 Å². The van der Waals surface area contributed by atoms with E-state index >= 15 is 0 Å². The van der Waals surface area contributed by atoms with Gasteiger partial charge in [-0.05, 0) is 42.5 Å². The number of hydrogen-bond acceptors (Lipinski definition) is 3. The first-order chi connectivity index (χ1) is 9.25. The van der Waals surface area contributed by atoms with Gasteiger partial charge in [-0.25, -0.2) is 0 Å². The number of thiophene rings is 1. The first-order valence-electron chi connectivity index (χ1n) is 7.40. The van der Waals surface area contributed by atoms with Gasteiger partial charge in [0.1, 0.15) is 0 Å². The van der Waals surface area contributed by atoms with Crippen LogP contribution in [0.15, 0.2) is 17.5 Å². The molecule has 2 nitrogen and oxygen atoms in total. The summed E-state index contributed by atoms with van der Waals surface area (Å²) in [5.74, 6) is 1.87. The SMILES string of the molecule is CC1CCCC(COCCCC(=O)c2cccs2)C1. The molecule has 0 N–H and O–H groups in total. The fourth-order valence-corrected chi connectivity index (χ4v) is 3.55. The Morgan fingerprint density at radius 1 is 1.47 bits per heavy atom. The van der Waals surface area contributed by atoms with Crippen molar-refractivity contribution < 1.29 is 9.53 Å². The molecular formula is C16H24O2S. The molecule has 0 bridgehead atoms. The third kappa shape index (κ3) is 5.07. The highest BCUT2D eigenvalue weighted by molar-refractivity contribution is 7.12. The van der Waals surface area contributed by atoms with Gasteiger partial charge in [0.25, 0.3) is 0 Å². The molecule has 1 aromatic heterocycles. The Morgan fingerprint density at radius 3 is 3.11 bits per heavy atom. The van der Waals surface area contributed by atoms with Gasteiger partial charge < -0.3 is 4.74 Å². The van der Waals surface area contributed by atoms with Crippen LogP contribution >= 0.6 is 11.3 Å². The van der Waals surface area contributed by atoms with Crippen molar-refractivity contribution in [3.63, 3.8) is 0 Å². The second kappa shape index (κ2) is 7.81. The second-order valence-electron chi connectivity index (χ2n) is 5.72. The van der Waals surface area contributed by atoms with E-state index in [0.717, 1.165) is 36.3 Å². The Kier molecular flexibility index (Phi) is 6.05. The third-order valence-corrected chi connectivity index (χ3v) is 4.80. The van der Waals surface area contributed by atoms with E-state index in [1.54, 1.807) is 0 Å². The molecular weight excluding hydrogens is 256 g/mol. The molecule has 0 aliphatic heterocycles. The lowest BCUT2D eigenvalue weighted by Crippen LogP contribution is -2.18. The molecule has 1 aromatic rings. The summed E-state index contributed by atoms with van der Waals surface area (Å²) in [7, 11) is 0. The molecule has 2 atom stereocenters. The first kappa shape index (κ1) is 14.7. The molecule has 3 heteroatoms. The first-order valence-corrected chi connectivity index (χ1v) is 8.28. The lowest BCUT2D eigenvalue weighted by atomic mass is 9.83. The average molecular weight is 280 g/mol. The number of hydrogen-bond donors (Lipinski definition) is 0. The van der Waals surface area contributed by atoms with Gasteiger partial charge in [-0.15, -0.1) is 11.3 Å². The molecule has 2 unspecified atom stereocenters. The molecule has 0 radical (unpaired) electrons. The number of carbonyl (C=O) groups excluding carboxylic acids is 1. The van der Waals surface area contributed by atoms with E-state index in [1.807, 2.05) is 17.5 Å². The Hall–Kier alpha value is -0.670.